The van der Waals surface area contributed by atoms with Gasteiger partial charge < -0.3 is 20.3 Å². The molecule has 0 aromatic rings. The van der Waals surface area contributed by atoms with Gasteiger partial charge in [-0.1, -0.05) is 0 Å². The summed E-state index contributed by atoms with van der Waals surface area (Å²) in [6, 6.07) is -0.149. The Kier molecular flexibility index (Phi) is 7.08. The summed E-state index contributed by atoms with van der Waals surface area (Å²) in [7, 11) is 4.00. The first kappa shape index (κ1) is 15.2. The Morgan fingerprint density at radius 1 is 1.25 bits per heavy atom. The number of carbonyl (C=O) groups is 1. The number of urea groups is 1. The number of rotatable bonds is 6. The van der Waals surface area contributed by atoms with E-state index in [0.29, 0.717) is 19.8 Å². The van der Waals surface area contributed by atoms with E-state index < -0.39 is 0 Å². The van der Waals surface area contributed by atoms with Crippen LogP contribution in [-0.2, 0) is 4.74 Å². The summed E-state index contributed by atoms with van der Waals surface area (Å²) >= 11 is 0. The molecule has 0 radical (unpaired) electrons. The van der Waals surface area contributed by atoms with Crippen molar-refractivity contribution in [3.8, 4) is 0 Å². The highest BCUT2D eigenvalue weighted by molar-refractivity contribution is 5.74. The van der Waals surface area contributed by atoms with Gasteiger partial charge in [-0.2, -0.15) is 0 Å². The van der Waals surface area contributed by atoms with Crippen LogP contribution in [0.5, 0.6) is 0 Å². The van der Waals surface area contributed by atoms with E-state index in [1.54, 1.807) is 0 Å². The predicted molar refractivity (Wildman–Crippen MR) is 65.7 cm³/mol. The Morgan fingerprint density at radius 3 is 2.38 bits per heavy atom. The highest BCUT2D eigenvalue weighted by atomic mass is 16.5. The van der Waals surface area contributed by atoms with Crippen LogP contribution in [0.15, 0.2) is 0 Å². The minimum absolute atomic E-state index is 0.149. The SMILES string of the molecule is CN(C)CCOCCNC(=O)NC(C)(C)C. The molecule has 0 aliphatic carbocycles. The molecule has 0 atom stereocenters. The first-order valence-corrected chi connectivity index (χ1v) is 5.60. The van der Waals surface area contributed by atoms with Crippen molar-refractivity contribution in [2.75, 3.05) is 40.4 Å². The second-order valence-electron chi connectivity index (χ2n) is 5.05. The zero-order chi connectivity index (χ0) is 12.6. The Labute approximate surface area is 98.5 Å². The van der Waals surface area contributed by atoms with E-state index in [0.717, 1.165) is 6.54 Å². The summed E-state index contributed by atoms with van der Waals surface area (Å²) in [5, 5.41) is 5.55. The fourth-order valence-corrected chi connectivity index (χ4v) is 0.971. The molecule has 0 aliphatic rings. The van der Waals surface area contributed by atoms with Crippen LogP contribution in [0.25, 0.3) is 0 Å². The van der Waals surface area contributed by atoms with Gasteiger partial charge in [0, 0.05) is 18.6 Å². The fourth-order valence-electron chi connectivity index (χ4n) is 0.971. The number of ether oxygens (including phenoxy) is 1. The summed E-state index contributed by atoms with van der Waals surface area (Å²) in [4.78, 5) is 13.4. The Morgan fingerprint density at radius 2 is 1.88 bits per heavy atom. The number of nitrogens with zero attached hydrogens (tertiary/aromatic N) is 1. The van der Waals surface area contributed by atoms with Crippen molar-refractivity contribution in [3.63, 3.8) is 0 Å². The first-order valence-electron chi connectivity index (χ1n) is 5.60. The summed E-state index contributed by atoms with van der Waals surface area (Å²) < 4.78 is 5.34. The number of hydrogen-bond donors (Lipinski definition) is 2. The van der Waals surface area contributed by atoms with E-state index in [-0.39, 0.29) is 11.6 Å². The molecule has 0 spiro atoms. The monoisotopic (exact) mass is 231 g/mol. The third-order valence-corrected chi connectivity index (χ3v) is 1.70. The first-order chi connectivity index (χ1) is 7.31. The molecule has 0 fully saturated rings. The van der Waals surface area contributed by atoms with Gasteiger partial charge in [0.05, 0.1) is 13.2 Å². The summed E-state index contributed by atoms with van der Waals surface area (Å²) in [5.74, 6) is 0. The molecule has 0 aromatic heterocycles. The number of nitrogens with one attached hydrogen (secondary N) is 2. The van der Waals surface area contributed by atoms with Gasteiger partial charge in [-0.3, -0.25) is 0 Å². The van der Waals surface area contributed by atoms with Crippen LogP contribution in [0.3, 0.4) is 0 Å². The van der Waals surface area contributed by atoms with E-state index in [2.05, 4.69) is 15.5 Å². The topological polar surface area (TPSA) is 53.6 Å². The van der Waals surface area contributed by atoms with Crippen molar-refractivity contribution in [1.82, 2.24) is 15.5 Å². The zero-order valence-corrected chi connectivity index (χ0v) is 11.1. The number of amides is 2. The smallest absolute Gasteiger partial charge is 0.315 e. The van der Waals surface area contributed by atoms with E-state index >= 15 is 0 Å². The van der Waals surface area contributed by atoms with Gasteiger partial charge in [0.2, 0.25) is 0 Å². The molecule has 0 heterocycles. The minimum atomic E-state index is -0.199. The average molecular weight is 231 g/mol. The molecule has 0 aromatic carbocycles. The third-order valence-electron chi connectivity index (χ3n) is 1.70. The molecule has 5 heteroatoms. The van der Waals surface area contributed by atoms with Crippen molar-refractivity contribution in [2.45, 2.75) is 26.3 Å². The van der Waals surface area contributed by atoms with Crippen LogP contribution in [0.4, 0.5) is 4.79 Å². The van der Waals surface area contributed by atoms with Gasteiger partial charge >= 0.3 is 6.03 Å². The molecule has 0 unspecified atom stereocenters. The van der Waals surface area contributed by atoms with E-state index in [4.69, 9.17) is 4.74 Å². The maximum Gasteiger partial charge on any atom is 0.315 e. The largest absolute Gasteiger partial charge is 0.378 e. The standard InChI is InChI=1S/C11H25N3O2/c1-11(2,3)13-10(15)12-6-8-16-9-7-14(4)5/h6-9H2,1-5H3,(H2,12,13,15). The lowest BCUT2D eigenvalue weighted by Crippen LogP contribution is -2.47. The van der Waals surface area contributed by atoms with E-state index in [9.17, 15) is 4.79 Å². The van der Waals surface area contributed by atoms with Gasteiger partial charge in [-0.05, 0) is 34.9 Å². The van der Waals surface area contributed by atoms with E-state index in [1.165, 1.54) is 0 Å². The van der Waals surface area contributed by atoms with Crippen LogP contribution < -0.4 is 10.6 Å². The van der Waals surface area contributed by atoms with Crippen molar-refractivity contribution in [1.29, 1.82) is 0 Å². The quantitative estimate of drug-likeness (QED) is 0.660. The molecule has 0 saturated heterocycles. The summed E-state index contributed by atoms with van der Waals surface area (Å²) in [6.45, 7) is 8.50. The van der Waals surface area contributed by atoms with Crippen molar-refractivity contribution < 1.29 is 9.53 Å². The van der Waals surface area contributed by atoms with Crippen LogP contribution >= 0.6 is 0 Å². The third kappa shape index (κ3) is 11.3. The predicted octanol–water partition coefficient (Wildman–Crippen LogP) is 0.662. The Bertz CT molecular complexity index is 200. The minimum Gasteiger partial charge on any atom is -0.378 e. The summed E-state index contributed by atoms with van der Waals surface area (Å²) in [6.07, 6.45) is 0. The van der Waals surface area contributed by atoms with Crippen LogP contribution in [-0.4, -0.2) is 56.9 Å². The molecule has 0 saturated carbocycles. The van der Waals surface area contributed by atoms with Gasteiger partial charge in [-0.25, -0.2) is 4.79 Å². The molecule has 2 amide bonds. The molecular formula is C11H25N3O2. The van der Waals surface area contributed by atoms with Gasteiger partial charge in [0.15, 0.2) is 0 Å². The lowest BCUT2D eigenvalue weighted by Gasteiger charge is -2.20. The maximum atomic E-state index is 11.3. The van der Waals surface area contributed by atoms with Crippen LogP contribution in [0.1, 0.15) is 20.8 Å². The number of likely N-dealkylation sites (N-methyl/N-ethyl adjacent to an activating group) is 1. The van der Waals surface area contributed by atoms with Gasteiger partial charge in [0.25, 0.3) is 0 Å². The van der Waals surface area contributed by atoms with Crippen molar-refractivity contribution in [2.24, 2.45) is 0 Å². The number of hydrogen-bond acceptors (Lipinski definition) is 3. The van der Waals surface area contributed by atoms with Crippen molar-refractivity contribution >= 4 is 6.03 Å². The molecule has 16 heavy (non-hydrogen) atoms. The lowest BCUT2D eigenvalue weighted by molar-refractivity contribution is 0.120. The second kappa shape index (κ2) is 7.46. The Balaban J connectivity index is 3.35. The highest BCUT2D eigenvalue weighted by Crippen LogP contribution is 1.96. The molecule has 0 rings (SSSR count). The van der Waals surface area contributed by atoms with E-state index in [1.807, 2.05) is 34.9 Å². The second-order valence-corrected chi connectivity index (χ2v) is 5.05. The molecule has 2 N–H and O–H groups in total. The molecular weight excluding hydrogens is 206 g/mol. The summed E-state index contributed by atoms with van der Waals surface area (Å²) in [5.41, 5.74) is -0.199. The maximum absolute atomic E-state index is 11.3. The average Bonchev–Trinajstić information content (AvgIpc) is 2.07. The number of carbonyl (C=O) groups excluding carboxylic acids is 1. The fraction of sp³-hybridized carbons (Fsp3) is 0.909. The van der Waals surface area contributed by atoms with Crippen LogP contribution in [0.2, 0.25) is 0 Å². The molecule has 5 nitrogen and oxygen atoms in total. The van der Waals surface area contributed by atoms with Gasteiger partial charge in [-0.15, -0.1) is 0 Å². The van der Waals surface area contributed by atoms with Crippen LogP contribution in [0, 0.1) is 0 Å². The lowest BCUT2D eigenvalue weighted by atomic mass is 10.1. The Hall–Kier alpha value is -0.810. The molecule has 0 bridgehead atoms. The van der Waals surface area contributed by atoms with Crippen molar-refractivity contribution in [3.05, 3.63) is 0 Å². The molecule has 96 valence electrons. The highest BCUT2D eigenvalue weighted by Gasteiger charge is 2.12. The van der Waals surface area contributed by atoms with Gasteiger partial charge in [0.1, 0.15) is 0 Å². The normalized spacial score (nSPS) is 11.6. The zero-order valence-electron chi connectivity index (χ0n) is 11.1. The molecule has 0 aliphatic heterocycles.